The van der Waals surface area contributed by atoms with Gasteiger partial charge in [-0.15, -0.1) is 0 Å². The van der Waals surface area contributed by atoms with Gasteiger partial charge in [0.05, 0.1) is 0 Å². The summed E-state index contributed by atoms with van der Waals surface area (Å²) in [5.41, 5.74) is 3.44. The maximum Gasteiger partial charge on any atom is 0.315 e. The van der Waals surface area contributed by atoms with Gasteiger partial charge in [-0.25, -0.2) is 4.79 Å². The monoisotopic (exact) mass is 302 g/mol. The van der Waals surface area contributed by atoms with Gasteiger partial charge in [0.1, 0.15) is 0 Å². The van der Waals surface area contributed by atoms with Crippen LogP contribution in [0.4, 0.5) is 4.79 Å². The molecule has 0 fully saturated rings. The maximum absolute atomic E-state index is 11.7. The molecule has 0 aliphatic carbocycles. The van der Waals surface area contributed by atoms with Gasteiger partial charge in [0.15, 0.2) is 0 Å². The van der Waals surface area contributed by atoms with Crippen LogP contribution in [0.2, 0.25) is 5.02 Å². The van der Waals surface area contributed by atoms with E-state index in [0.717, 1.165) is 12.0 Å². The lowest BCUT2D eigenvalue weighted by Gasteiger charge is -2.08. The Balaban J connectivity index is 1.69. The van der Waals surface area contributed by atoms with Gasteiger partial charge in [0.2, 0.25) is 0 Å². The highest BCUT2D eigenvalue weighted by Crippen LogP contribution is 2.10. The van der Waals surface area contributed by atoms with Crippen molar-refractivity contribution in [1.29, 1.82) is 0 Å². The highest BCUT2D eigenvalue weighted by Gasteiger charge is 2.01. The molecule has 0 bridgehead atoms. The third-order valence-electron chi connectivity index (χ3n) is 3.16. The minimum absolute atomic E-state index is 0.165. The van der Waals surface area contributed by atoms with Crippen LogP contribution in [0.15, 0.2) is 48.5 Å². The molecule has 0 radical (unpaired) electrons. The van der Waals surface area contributed by atoms with Crippen LogP contribution in [0, 0.1) is 6.92 Å². The standard InChI is InChI=1S/C17H19ClN2O/c1-13-5-7-14(8-6-13)9-10-19-17(21)20-12-15-3-2-4-16(18)11-15/h2-8,11H,9-10,12H2,1H3,(H2,19,20,21). The first kappa shape index (κ1) is 15.4. The van der Waals surface area contributed by atoms with Crippen molar-refractivity contribution >= 4 is 17.6 Å². The number of carbonyl (C=O) groups excluding carboxylic acids is 1. The highest BCUT2D eigenvalue weighted by atomic mass is 35.5. The highest BCUT2D eigenvalue weighted by molar-refractivity contribution is 6.30. The average Bonchev–Trinajstić information content (AvgIpc) is 2.47. The Hall–Kier alpha value is -2.00. The molecule has 2 aromatic carbocycles. The van der Waals surface area contributed by atoms with E-state index in [1.807, 2.05) is 24.3 Å². The second-order valence-corrected chi connectivity index (χ2v) is 5.41. The molecule has 0 atom stereocenters. The van der Waals surface area contributed by atoms with E-state index < -0.39 is 0 Å². The van der Waals surface area contributed by atoms with Crippen LogP contribution in [0.5, 0.6) is 0 Å². The molecule has 0 heterocycles. The van der Waals surface area contributed by atoms with E-state index in [4.69, 9.17) is 11.6 Å². The van der Waals surface area contributed by atoms with Crippen molar-refractivity contribution in [1.82, 2.24) is 10.6 Å². The predicted octanol–water partition coefficient (Wildman–Crippen LogP) is 3.69. The van der Waals surface area contributed by atoms with Crippen molar-refractivity contribution in [3.05, 3.63) is 70.2 Å². The molecule has 2 aromatic rings. The molecule has 3 nitrogen and oxygen atoms in total. The van der Waals surface area contributed by atoms with Gasteiger partial charge in [-0.1, -0.05) is 53.6 Å². The van der Waals surface area contributed by atoms with Crippen molar-refractivity contribution in [2.24, 2.45) is 0 Å². The molecule has 110 valence electrons. The first-order valence-electron chi connectivity index (χ1n) is 6.95. The molecule has 4 heteroatoms. The smallest absolute Gasteiger partial charge is 0.315 e. The third-order valence-corrected chi connectivity index (χ3v) is 3.40. The van der Waals surface area contributed by atoms with Gasteiger partial charge in [-0.3, -0.25) is 0 Å². The van der Waals surface area contributed by atoms with E-state index in [-0.39, 0.29) is 6.03 Å². The molecule has 2 N–H and O–H groups in total. The first-order chi connectivity index (χ1) is 10.1. The fraction of sp³-hybridized carbons (Fsp3) is 0.235. The molecule has 21 heavy (non-hydrogen) atoms. The van der Waals surface area contributed by atoms with E-state index in [1.165, 1.54) is 11.1 Å². The zero-order chi connectivity index (χ0) is 15.1. The predicted molar refractivity (Wildman–Crippen MR) is 86.6 cm³/mol. The molecular weight excluding hydrogens is 284 g/mol. The van der Waals surface area contributed by atoms with E-state index in [0.29, 0.717) is 18.1 Å². The topological polar surface area (TPSA) is 41.1 Å². The number of hydrogen-bond acceptors (Lipinski definition) is 1. The molecule has 2 rings (SSSR count). The Morgan fingerprint density at radius 3 is 2.52 bits per heavy atom. The average molecular weight is 303 g/mol. The molecule has 0 saturated carbocycles. The molecule has 0 unspecified atom stereocenters. The number of aryl methyl sites for hydroxylation is 1. The molecule has 0 aromatic heterocycles. The van der Waals surface area contributed by atoms with Gasteiger partial charge in [0, 0.05) is 18.1 Å². The number of hydrogen-bond donors (Lipinski definition) is 2. The summed E-state index contributed by atoms with van der Waals surface area (Å²) in [6.07, 6.45) is 0.824. The first-order valence-corrected chi connectivity index (χ1v) is 7.33. The Labute approximate surface area is 130 Å². The third kappa shape index (κ3) is 5.48. The van der Waals surface area contributed by atoms with Gasteiger partial charge in [-0.2, -0.15) is 0 Å². The fourth-order valence-corrected chi connectivity index (χ4v) is 2.18. The summed E-state index contributed by atoms with van der Waals surface area (Å²) in [4.78, 5) is 11.7. The Bertz CT molecular complexity index is 596. The summed E-state index contributed by atoms with van der Waals surface area (Å²) < 4.78 is 0. The SMILES string of the molecule is Cc1ccc(CCNC(=O)NCc2cccc(Cl)c2)cc1. The number of urea groups is 1. The van der Waals surface area contributed by atoms with Gasteiger partial charge < -0.3 is 10.6 Å². The van der Waals surface area contributed by atoms with Crippen LogP contribution < -0.4 is 10.6 Å². The molecule has 2 amide bonds. The van der Waals surface area contributed by atoms with Crippen LogP contribution in [0.3, 0.4) is 0 Å². The summed E-state index contributed by atoms with van der Waals surface area (Å²) in [5, 5.41) is 6.34. The molecule has 0 aliphatic rings. The lowest BCUT2D eigenvalue weighted by atomic mass is 10.1. The quantitative estimate of drug-likeness (QED) is 0.869. The maximum atomic E-state index is 11.7. The minimum atomic E-state index is -0.165. The zero-order valence-corrected chi connectivity index (χ0v) is 12.8. The Kier molecular flexibility index (Phi) is 5.64. The number of nitrogens with one attached hydrogen (secondary N) is 2. The number of rotatable bonds is 5. The number of carbonyl (C=O) groups is 1. The van der Waals surface area contributed by atoms with Crippen LogP contribution in [0.1, 0.15) is 16.7 Å². The van der Waals surface area contributed by atoms with Crippen molar-refractivity contribution in [3.63, 3.8) is 0 Å². The van der Waals surface area contributed by atoms with Crippen LogP contribution in [-0.4, -0.2) is 12.6 Å². The molecule has 0 saturated heterocycles. The van der Waals surface area contributed by atoms with Crippen LogP contribution in [-0.2, 0) is 13.0 Å². The largest absolute Gasteiger partial charge is 0.338 e. The molecule has 0 spiro atoms. The Morgan fingerprint density at radius 1 is 1.05 bits per heavy atom. The fourth-order valence-electron chi connectivity index (χ4n) is 1.97. The minimum Gasteiger partial charge on any atom is -0.338 e. The number of halogens is 1. The number of benzene rings is 2. The van der Waals surface area contributed by atoms with E-state index in [9.17, 15) is 4.79 Å². The summed E-state index contributed by atoms with van der Waals surface area (Å²) in [7, 11) is 0. The number of amides is 2. The lowest BCUT2D eigenvalue weighted by Crippen LogP contribution is -2.36. The summed E-state index contributed by atoms with van der Waals surface area (Å²) >= 11 is 5.89. The second-order valence-electron chi connectivity index (χ2n) is 4.97. The van der Waals surface area contributed by atoms with Crippen LogP contribution in [0.25, 0.3) is 0 Å². The van der Waals surface area contributed by atoms with E-state index in [1.54, 1.807) is 0 Å². The van der Waals surface area contributed by atoms with E-state index >= 15 is 0 Å². The van der Waals surface area contributed by atoms with Crippen LogP contribution >= 0.6 is 11.6 Å². The Morgan fingerprint density at radius 2 is 1.81 bits per heavy atom. The van der Waals surface area contributed by atoms with Crippen molar-refractivity contribution in [2.45, 2.75) is 19.9 Å². The normalized spacial score (nSPS) is 10.2. The lowest BCUT2D eigenvalue weighted by molar-refractivity contribution is 0.240. The van der Waals surface area contributed by atoms with Crippen molar-refractivity contribution < 1.29 is 4.79 Å². The van der Waals surface area contributed by atoms with Gasteiger partial charge >= 0.3 is 6.03 Å². The molecule has 0 aliphatic heterocycles. The summed E-state index contributed by atoms with van der Waals surface area (Å²) in [6.45, 7) is 3.15. The second kappa shape index (κ2) is 7.70. The van der Waals surface area contributed by atoms with Crippen molar-refractivity contribution in [3.8, 4) is 0 Å². The van der Waals surface area contributed by atoms with Gasteiger partial charge in [-0.05, 0) is 36.6 Å². The van der Waals surface area contributed by atoms with Crippen molar-refractivity contribution in [2.75, 3.05) is 6.54 Å². The molecular formula is C17H19ClN2O. The van der Waals surface area contributed by atoms with Gasteiger partial charge in [0.25, 0.3) is 0 Å². The summed E-state index contributed by atoms with van der Waals surface area (Å²) in [6, 6.07) is 15.6. The van der Waals surface area contributed by atoms with E-state index in [2.05, 4.69) is 41.8 Å². The summed E-state index contributed by atoms with van der Waals surface area (Å²) in [5.74, 6) is 0. The zero-order valence-electron chi connectivity index (χ0n) is 12.0.